The molecule has 3 fully saturated rings. The van der Waals surface area contributed by atoms with Gasteiger partial charge in [0.05, 0.1) is 0 Å². The van der Waals surface area contributed by atoms with E-state index in [0.717, 1.165) is 31.7 Å². The van der Waals surface area contributed by atoms with Crippen LogP contribution in [0.25, 0.3) is 0 Å². The third kappa shape index (κ3) is 2.99. The Morgan fingerprint density at radius 3 is 2.69 bits per heavy atom. The van der Waals surface area contributed by atoms with Crippen molar-refractivity contribution in [3.63, 3.8) is 0 Å². The molecule has 1 aromatic carbocycles. The summed E-state index contributed by atoms with van der Waals surface area (Å²) < 4.78 is 14.3. The summed E-state index contributed by atoms with van der Waals surface area (Å²) in [6, 6.07) is 2.86. The minimum absolute atomic E-state index is 0.142. The molecule has 0 radical (unpaired) electrons. The average Bonchev–Trinajstić information content (AvgIpc) is 2.65. The summed E-state index contributed by atoms with van der Waals surface area (Å²) in [5.74, 6) is 0.834. The highest BCUT2D eigenvalue weighted by Crippen LogP contribution is 2.46. The Hall–Kier alpha value is -1.99. The van der Waals surface area contributed by atoms with Gasteiger partial charge in [0.25, 0.3) is 5.91 Å². The molecule has 2 N–H and O–H groups in total. The minimum Gasteiger partial charge on any atom is -0.342 e. The van der Waals surface area contributed by atoms with E-state index in [9.17, 15) is 14.0 Å². The molecule has 140 valence electrons. The monoisotopic (exact) mass is 361 g/mol. The molecule has 1 aromatic rings. The van der Waals surface area contributed by atoms with Gasteiger partial charge in [-0.15, -0.1) is 0 Å². The molecule has 2 atom stereocenters. The molecule has 2 saturated heterocycles. The van der Waals surface area contributed by atoms with Crippen molar-refractivity contribution in [3.8, 4) is 0 Å². The Morgan fingerprint density at radius 1 is 1.31 bits per heavy atom. The fourth-order valence-corrected chi connectivity index (χ4v) is 4.90. The second-order valence-corrected chi connectivity index (χ2v) is 7.87. The Labute approximate surface area is 151 Å². The van der Waals surface area contributed by atoms with Gasteiger partial charge in [0.15, 0.2) is 0 Å². The quantitative estimate of drug-likeness (QED) is 0.631. The van der Waals surface area contributed by atoms with Crippen molar-refractivity contribution in [2.75, 3.05) is 26.2 Å². The summed E-state index contributed by atoms with van der Waals surface area (Å²) in [7, 11) is 0. The summed E-state index contributed by atoms with van der Waals surface area (Å²) in [6.07, 6.45) is 1.83. The molecule has 7 heteroatoms. The first-order chi connectivity index (χ1) is 12.5. The second-order valence-electron chi connectivity index (χ2n) is 7.87. The van der Waals surface area contributed by atoms with Crippen LogP contribution in [0.5, 0.6) is 0 Å². The molecule has 5 rings (SSSR count). The zero-order valence-corrected chi connectivity index (χ0v) is 14.9. The summed E-state index contributed by atoms with van der Waals surface area (Å²) in [6.45, 7) is 5.73. The van der Waals surface area contributed by atoms with Crippen LogP contribution >= 0.6 is 0 Å². The summed E-state index contributed by atoms with van der Waals surface area (Å²) in [4.78, 5) is 27.5. The minimum atomic E-state index is -0.693. The number of fused-ring (bicyclic) bond motifs is 3. The van der Waals surface area contributed by atoms with Crippen LogP contribution in [0.15, 0.2) is 12.1 Å². The van der Waals surface area contributed by atoms with Gasteiger partial charge in [0.2, 0.25) is 5.91 Å². The molecule has 2 bridgehead atoms. The molecule has 1 aliphatic carbocycles. The van der Waals surface area contributed by atoms with Crippen molar-refractivity contribution < 1.29 is 19.2 Å². The topological polar surface area (TPSA) is 72.9 Å². The molecule has 2 unspecified atom stereocenters. The second kappa shape index (κ2) is 6.63. The Morgan fingerprint density at radius 2 is 2.04 bits per heavy atom. The van der Waals surface area contributed by atoms with Crippen molar-refractivity contribution in [3.05, 3.63) is 34.6 Å². The van der Waals surface area contributed by atoms with Crippen molar-refractivity contribution in [1.29, 1.82) is 0 Å². The van der Waals surface area contributed by atoms with E-state index in [1.807, 2.05) is 4.90 Å². The van der Waals surface area contributed by atoms with E-state index in [-0.39, 0.29) is 17.3 Å². The van der Waals surface area contributed by atoms with Crippen LogP contribution in [0.4, 0.5) is 4.39 Å². The van der Waals surface area contributed by atoms with E-state index >= 15 is 0 Å². The third-order valence-corrected chi connectivity index (χ3v) is 6.36. The fraction of sp³-hybridized carbons (Fsp3) is 0.579. The number of halogens is 1. The Balaban J connectivity index is 1.44. The average molecular weight is 361 g/mol. The van der Waals surface area contributed by atoms with Crippen molar-refractivity contribution >= 4 is 11.8 Å². The molecule has 1 saturated carbocycles. The van der Waals surface area contributed by atoms with Crippen LogP contribution < -0.4 is 5.48 Å². The number of benzene rings is 1. The van der Waals surface area contributed by atoms with Gasteiger partial charge < -0.3 is 4.90 Å². The summed E-state index contributed by atoms with van der Waals surface area (Å²) in [5, 5.41) is 8.79. The maximum absolute atomic E-state index is 14.3. The van der Waals surface area contributed by atoms with E-state index in [0.29, 0.717) is 36.3 Å². The first-order valence-electron chi connectivity index (χ1n) is 9.20. The maximum atomic E-state index is 14.3. The molecule has 6 nitrogen and oxygen atoms in total. The van der Waals surface area contributed by atoms with Crippen LogP contribution in [-0.2, 0) is 17.8 Å². The zero-order valence-electron chi connectivity index (χ0n) is 14.9. The third-order valence-electron chi connectivity index (χ3n) is 6.36. The first kappa shape index (κ1) is 17.4. The molecule has 0 aromatic heterocycles. The van der Waals surface area contributed by atoms with E-state index in [2.05, 4.69) is 4.90 Å². The van der Waals surface area contributed by atoms with E-state index < -0.39 is 5.91 Å². The molecular formula is C19H24FN3O3. The summed E-state index contributed by atoms with van der Waals surface area (Å²) >= 11 is 0. The van der Waals surface area contributed by atoms with Crippen molar-refractivity contribution in [2.45, 2.75) is 26.3 Å². The smallest absolute Gasteiger partial charge is 0.274 e. The van der Waals surface area contributed by atoms with E-state index in [4.69, 9.17) is 5.21 Å². The number of hydroxylamine groups is 1. The number of carbonyl (C=O) groups is 2. The van der Waals surface area contributed by atoms with E-state index in [1.54, 1.807) is 18.5 Å². The standard InChI is InChI=1S/C19H24FN3O3/c1-11(24)23-8-14-5-15(9-23)17(14)10-22-3-2-16-13(7-22)4-12(6-18(16)20)19(25)21-26/h4,6,14-15,17,26H,2-3,5,7-10H2,1H3,(H,21,25). The molecule has 3 heterocycles. The lowest BCUT2D eigenvalue weighted by Gasteiger charge is -2.55. The van der Waals surface area contributed by atoms with Gasteiger partial charge >= 0.3 is 0 Å². The van der Waals surface area contributed by atoms with Crippen LogP contribution in [0.2, 0.25) is 0 Å². The maximum Gasteiger partial charge on any atom is 0.274 e. The van der Waals surface area contributed by atoms with Crippen LogP contribution in [0, 0.1) is 23.6 Å². The van der Waals surface area contributed by atoms with Gasteiger partial charge in [-0.2, -0.15) is 0 Å². The van der Waals surface area contributed by atoms with Crippen LogP contribution in [0.3, 0.4) is 0 Å². The fourth-order valence-electron chi connectivity index (χ4n) is 4.90. The molecule has 3 aliphatic heterocycles. The molecule has 2 amide bonds. The highest BCUT2D eigenvalue weighted by molar-refractivity contribution is 5.93. The van der Waals surface area contributed by atoms with Gasteiger partial charge in [-0.3, -0.25) is 19.7 Å². The van der Waals surface area contributed by atoms with Gasteiger partial charge in [-0.25, -0.2) is 9.87 Å². The SMILES string of the molecule is CC(=O)N1CC2CC(C1)C2CN1CCc2c(F)cc(C(=O)NO)cc2C1. The van der Waals surface area contributed by atoms with Crippen molar-refractivity contribution in [2.24, 2.45) is 17.8 Å². The molecule has 4 aliphatic rings. The number of amides is 2. The number of piperidine rings is 2. The Bertz CT molecular complexity index is 742. The van der Waals surface area contributed by atoms with Gasteiger partial charge in [-0.05, 0) is 53.9 Å². The lowest BCUT2D eigenvalue weighted by atomic mass is 9.61. The van der Waals surface area contributed by atoms with Gasteiger partial charge in [-0.1, -0.05) is 0 Å². The highest BCUT2D eigenvalue weighted by atomic mass is 19.1. The lowest BCUT2D eigenvalue weighted by Crippen LogP contribution is -2.59. The molecular weight excluding hydrogens is 337 g/mol. The van der Waals surface area contributed by atoms with Gasteiger partial charge in [0, 0.05) is 45.2 Å². The van der Waals surface area contributed by atoms with Crippen LogP contribution in [0.1, 0.15) is 34.8 Å². The number of nitrogens with zero attached hydrogens (tertiary/aromatic N) is 2. The van der Waals surface area contributed by atoms with E-state index in [1.165, 1.54) is 12.5 Å². The normalized spacial score (nSPS) is 27.5. The van der Waals surface area contributed by atoms with Crippen molar-refractivity contribution in [1.82, 2.24) is 15.3 Å². The molecule has 0 spiro atoms. The predicted molar refractivity (Wildman–Crippen MR) is 92.0 cm³/mol. The number of hydrogen-bond acceptors (Lipinski definition) is 4. The number of nitrogens with one attached hydrogen (secondary N) is 1. The highest BCUT2D eigenvalue weighted by Gasteiger charge is 2.47. The number of rotatable bonds is 3. The molecule has 26 heavy (non-hydrogen) atoms. The van der Waals surface area contributed by atoms with Crippen LogP contribution in [-0.4, -0.2) is 53.0 Å². The number of carbonyl (C=O) groups excluding carboxylic acids is 2. The predicted octanol–water partition coefficient (Wildman–Crippen LogP) is 1.42. The first-order valence-corrected chi connectivity index (χ1v) is 9.20. The van der Waals surface area contributed by atoms with Gasteiger partial charge in [0.1, 0.15) is 5.82 Å². The largest absolute Gasteiger partial charge is 0.342 e. The zero-order chi connectivity index (χ0) is 18.4. The Kier molecular flexibility index (Phi) is 4.44. The number of hydrogen-bond donors (Lipinski definition) is 2. The summed E-state index contributed by atoms with van der Waals surface area (Å²) in [5.41, 5.74) is 3.20. The lowest BCUT2D eigenvalue weighted by molar-refractivity contribution is -0.140.